The number of nitrogens with zero attached hydrogens (tertiary/aromatic N) is 1. The fraction of sp³-hybridized carbons (Fsp3) is 0.281. The zero-order chi connectivity index (χ0) is 27.2. The molecule has 200 valence electrons. The lowest BCUT2D eigenvalue weighted by atomic mass is 9.88. The summed E-state index contributed by atoms with van der Waals surface area (Å²) in [5.74, 6) is 0.102. The van der Waals surface area contributed by atoms with Crippen molar-refractivity contribution in [3.05, 3.63) is 94.9 Å². The van der Waals surface area contributed by atoms with Crippen molar-refractivity contribution in [2.24, 2.45) is 5.92 Å². The number of aromatic nitrogens is 1. The first-order valence-electron chi connectivity index (χ1n) is 13.4. The number of anilines is 2. The molecule has 5 nitrogen and oxygen atoms in total. The van der Waals surface area contributed by atoms with Crippen molar-refractivity contribution in [2.75, 3.05) is 10.6 Å². The van der Waals surface area contributed by atoms with E-state index in [-0.39, 0.29) is 17.7 Å². The lowest BCUT2D eigenvalue weighted by Gasteiger charge is -2.21. The molecule has 0 spiro atoms. The molecule has 1 heterocycles. The van der Waals surface area contributed by atoms with Crippen molar-refractivity contribution in [2.45, 2.75) is 56.1 Å². The van der Waals surface area contributed by atoms with Crippen LogP contribution < -0.4 is 10.6 Å². The van der Waals surface area contributed by atoms with Gasteiger partial charge in [0, 0.05) is 26.9 Å². The van der Waals surface area contributed by atoms with Crippen LogP contribution in [0.5, 0.6) is 0 Å². The predicted octanol–water partition coefficient (Wildman–Crippen LogP) is 8.42. The zero-order valence-corrected chi connectivity index (χ0v) is 23.9. The van der Waals surface area contributed by atoms with Crippen molar-refractivity contribution < 1.29 is 9.59 Å². The Morgan fingerprint density at radius 2 is 1.56 bits per heavy atom. The Bertz CT molecular complexity index is 1410. The maximum Gasteiger partial charge on any atom is 0.244 e. The fourth-order valence-corrected chi connectivity index (χ4v) is 6.73. The number of carbonyl (C=O) groups excluding carboxylic acids is 2. The largest absolute Gasteiger partial charge is 0.326 e. The number of nitrogens with one attached hydrogen (secondary N) is 2. The SMILES string of the molecule is Cc1ccc(-c2nc(NC(=O)C(Sc3ccc(NC(=O)C4CCCCC4)cc3)c3ccccc3)sc2C)cc1. The van der Waals surface area contributed by atoms with Gasteiger partial charge in [0.15, 0.2) is 5.13 Å². The Balaban J connectivity index is 1.29. The summed E-state index contributed by atoms with van der Waals surface area (Å²) in [6.07, 6.45) is 5.42. The normalized spacial score (nSPS) is 14.5. The average molecular weight is 556 g/mol. The Morgan fingerprint density at radius 3 is 2.26 bits per heavy atom. The lowest BCUT2D eigenvalue weighted by molar-refractivity contribution is -0.120. The molecule has 0 bridgehead atoms. The second-order valence-electron chi connectivity index (χ2n) is 10.0. The van der Waals surface area contributed by atoms with Crippen LogP contribution in [-0.2, 0) is 9.59 Å². The molecule has 2 N–H and O–H groups in total. The van der Waals surface area contributed by atoms with Crippen LogP contribution in [0.2, 0.25) is 0 Å². The summed E-state index contributed by atoms with van der Waals surface area (Å²) in [6, 6.07) is 25.8. The number of hydrogen-bond acceptors (Lipinski definition) is 5. The highest BCUT2D eigenvalue weighted by molar-refractivity contribution is 8.00. The lowest BCUT2D eigenvalue weighted by Crippen LogP contribution is -2.24. The van der Waals surface area contributed by atoms with Gasteiger partial charge in [0.1, 0.15) is 5.25 Å². The maximum absolute atomic E-state index is 13.6. The number of carbonyl (C=O) groups is 2. The molecule has 7 heteroatoms. The van der Waals surface area contributed by atoms with E-state index in [4.69, 9.17) is 4.98 Å². The quantitative estimate of drug-likeness (QED) is 0.214. The first-order chi connectivity index (χ1) is 19.0. The van der Waals surface area contributed by atoms with Gasteiger partial charge in [-0.2, -0.15) is 0 Å². The summed E-state index contributed by atoms with van der Waals surface area (Å²) in [5.41, 5.74) is 4.84. The van der Waals surface area contributed by atoms with E-state index in [9.17, 15) is 9.59 Å². The van der Waals surface area contributed by atoms with Crippen LogP contribution >= 0.6 is 23.1 Å². The van der Waals surface area contributed by atoms with E-state index >= 15 is 0 Å². The highest BCUT2D eigenvalue weighted by atomic mass is 32.2. The van der Waals surface area contributed by atoms with Crippen molar-refractivity contribution in [1.82, 2.24) is 4.98 Å². The first kappa shape index (κ1) is 27.2. The molecule has 1 unspecified atom stereocenters. The van der Waals surface area contributed by atoms with Gasteiger partial charge >= 0.3 is 0 Å². The summed E-state index contributed by atoms with van der Waals surface area (Å²) in [6.45, 7) is 4.09. The van der Waals surface area contributed by atoms with E-state index in [1.54, 1.807) is 0 Å². The summed E-state index contributed by atoms with van der Waals surface area (Å²) in [4.78, 5) is 33.0. The topological polar surface area (TPSA) is 71.1 Å². The predicted molar refractivity (Wildman–Crippen MR) is 162 cm³/mol. The molecule has 3 aromatic carbocycles. The van der Waals surface area contributed by atoms with Crippen LogP contribution in [-0.4, -0.2) is 16.8 Å². The molecule has 1 atom stereocenters. The van der Waals surface area contributed by atoms with Gasteiger partial charge in [0.2, 0.25) is 11.8 Å². The monoisotopic (exact) mass is 555 g/mol. The van der Waals surface area contributed by atoms with Gasteiger partial charge in [-0.25, -0.2) is 4.98 Å². The third-order valence-electron chi connectivity index (χ3n) is 7.04. The van der Waals surface area contributed by atoms with Crippen LogP contribution in [0.25, 0.3) is 11.3 Å². The Morgan fingerprint density at radius 1 is 0.872 bits per heavy atom. The van der Waals surface area contributed by atoms with Crippen molar-refractivity contribution >= 4 is 45.7 Å². The molecule has 0 radical (unpaired) electrons. The first-order valence-corrected chi connectivity index (χ1v) is 15.1. The van der Waals surface area contributed by atoms with E-state index in [1.165, 1.54) is 35.1 Å². The fourth-order valence-electron chi connectivity index (χ4n) is 4.86. The zero-order valence-electron chi connectivity index (χ0n) is 22.3. The summed E-state index contributed by atoms with van der Waals surface area (Å²) in [5, 5.41) is 6.27. The molecule has 5 rings (SSSR count). The standard InChI is InChI=1S/C32H33N3O2S2/c1-21-13-15-23(16-14-21)28-22(2)38-32(34-28)35-31(37)29(24-9-5-3-6-10-24)39-27-19-17-26(18-20-27)33-30(36)25-11-7-4-8-12-25/h3,5-6,9-10,13-20,25,29H,4,7-8,11-12H2,1-2H3,(H,33,36)(H,34,35,37). The van der Waals surface area contributed by atoms with Crippen LogP contribution in [0.15, 0.2) is 83.8 Å². The van der Waals surface area contributed by atoms with E-state index < -0.39 is 5.25 Å². The second kappa shape index (κ2) is 12.6. The number of benzene rings is 3. The molecule has 39 heavy (non-hydrogen) atoms. The van der Waals surface area contributed by atoms with Gasteiger partial charge in [-0.15, -0.1) is 23.1 Å². The third kappa shape index (κ3) is 6.97. The molecule has 0 saturated heterocycles. The minimum absolute atomic E-state index is 0.111. The Hall–Kier alpha value is -3.42. The maximum atomic E-state index is 13.6. The highest BCUT2D eigenvalue weighted by Crippen LogP contribution is 2.38. The number of hydrogen-bond donors (Lipinski definition) is 2. The molecular weight excluding hydrogens is 523 g/mol. The smallest absolute Gasteiger partial charge is 0.244 e. The van der Waals surface area contributed by atoms with Gasteiger partial charge in [0.05, 0.1) is 5.69 Å². The molecule has 1 fully saturated rings. The van der Waals surface area contributed by atoms with E-state index in [0.29, 0.717) is 5.13 Å². The highest BCUT2D eigenvalue weighted by Gasteiger charge is 2.24. The molecule has 1 aliphatic rings. The molecule has 1 aromatic heterocycles. The van der Waals surface area contributed by atoms with Crippen molar-refractivity contribution in [3.63, 3.8) is 0 Å². The molecule has 4 aromatic rings. The van der Waals surface area contributed by atoms with Gasteiger partial charge in [-0.3, -0.25) is 9.59 Å². The van der Waals surface area contributed by atoms with Crippen LogP contribution in [0.3, 0.4) is 0 Å². The Kier molecular flexibility index (Phi) is 8.79. The number of thiazole rings is 1. The van der Waals surface area contributed by atoms with E-state index in [2.05, 4.69) is 41.8 Å². The molecule has 2 amide bonds. The van der Waals surface area contributed by atoms with Gasteiger partial charge in [0.25, 0.3) is 0 Å². The number of rotatable bonds is 8. The van der Waals surface area contributed by atoms with E-state index in [0.717, 1.165) is 58.0 Å². The van der Waals surface area contributed by atoms with Gasteiger partial charge < -0.3 is 10.6 Å². The number of amides is 2. The van der Waals surface area contributed by atoms with Crippen molar-refractivity contribution in [1.29, 1.82) is 0 Å². The number of thioether (sulfide) groups is 1. The molecular formula is C32H33N3O2S2. The summed E-state index contributed by atoms with van der Waals surface area (Å²) < 4.78 is 0. The number of aryl methyl sites for hydroxylation is 2. The van der Waals surface area contributed by atoms with Crippen molar-refractivity contribution in [3.8, 4) is 11.3 Å². The van der Waals surface area contributed by atoms with Crippen LogP contribution in [0.1, 0.15) is 53.4 Å². The third-order valence-corrected chi connectivity index (χ3v) is 9.20. The minimum atomic E-state index is -0.457. The Labute approximate surface area is 238 Å². The van der Waals surface area contributed by atoms with Gasteiger partial charge in [-0.1, -0.05) is 79.4 Å². The van der Waals surface area contributed by atoms with Crippen LogP contribution in [0.4, 0.5) is 10.8 Å². The average Bonchev–Trinajstić information content (AvgIpc) is 3.33. The summed E-state index contributed by atoms with van der Waals surface area (Å²) >= 11 is 2.97. The molecule has 0 aliphatic heterocycles. The van der Waals surface area contributed by atoms with E-state index in [1.807, 2.05) is 61.5 Å². The molecule has 1 saturated carbocycles. The summed E-state index contributed by atoms with van der Waals surface area (Å²) in [7, 11) is 0. The second-order valence-corrected chi connectivity index (χ2v) is 12.4. The van der Waals surface area contributed by atoms with Crippen LogP contribution in [0, 0.1) is 19.8 Å². The van der Waals surface area contributed by atoms with Gasteiger partial charge in [-0.05, 0) is 56.5 Å². The minimum Gasteiger partial charge on any atom is -0.326 e. The molecule has 1 aliphatic carbocycles.